The molecule has 0 unspecified atom stereocenters. The van der Waals surface area contributed by atoms with Crippen molar-refractivity contribution in [2.45, 2.75) is 0 Å². The van der Waals surface area contributed by atoms with E-state index in [0.29, 0.717) is 16.9 Å². The highest BCUT2D eigenvalue weighted by Crippen LogP contribution is 2.20. The lowest BCUT2D eigenvalue weighted by Gasteiger charge is -2.09. The second kappa shape index (κ2) is 5.67. The third-order valence-electron chi connectivity index (χ3n) is 2.51. The fourth-order valence-corrected chi connectivity index (χ4v) is 1.68. The van der Waals surface area contributed by atoms with Gasteiger partial charge in [-0.05, 0) is 24.3 Å². The number of nitrogens with one attached hydrogen (secondary N) is 2. The number of benzene rings is 1. The zero-order chi connectivity index (χ0) is 13.8. The van der Waals surface area contributed by atoms with E-state index in [4.69, 9.17) is 11.6 Å². The molecule has 2 rings (SSSR count). The van der Waals surface area contributed by atoms with Crippen LogP contribution in [-0.4, -0.2) is 17.9 Å². The van der Waals surface area contributed by atoms with E-state index in [1.54, 1.807) is 13.1 Å². The third-order valence-corrected chi connectivity index (χ3v) is 2.82. The Kier molecular flexibility index (Phi) is 3.97. The van der Waals surface area contributed by atoms with E-state index in [9.17, 15) is 9.18 Å². The molecule has 0 spiro atoms. The van der Waals surface area contributed by atoms with Crippen LogP contribution >= 0.6 is 11.6 Å². The predicted octanol–water partition coefficient (Wildman–Crippen LogP) is 3.17. The molecule has 0 aliphatic carbocycles. The standard InChI is InChI=1S/C13H11ClFN3O/c1-16-12-7-17-5-4-9(12)13(19)18-8-2-3-10(14)11(15)6-8/h2-7,16H,1H3,(H,18,19). The number of carbonyl (C=O) groups is 1. The maximum absolute atomic E-state index is 13.3. The molecule has 98 valence electrons. The van der Waals surface area contributed by atoms with Crippen LogP contribution in [0.3, 0.4) is 0 Å². The minimum absolute atomic E-state index is 0.0119. The number of anilines is 2. The van der Waals surface area contributed by atoms with Crippen LogP contribution in [0.2, 0.25) is 5.02 Å². The number of rotatable bonds is 3. The molecule has 4 nitrogen and oxygen atoms in total. The summed E-state index contributed by atoms with van der Waals surface area (Å²) >= 11 is 5.58. The van der Waals surface area contributed by atoms with Crippen molar-refractivity contribution >= 4 is 28.9 Å². The van der Waals surface area contributed by atoms with Gasteiger partial charge in [0.1, 0.15) is 5.82 Å². The molecule has 2 aromatic rings. The number of hydrogen-bond donors (Lipinski definition) is 2. The fourth-order valence-electron chi connectivity index (χ4n) is 1.56. The summed E-state index contributed by atoms with van der Waals surface area (Å²) in [5.74, 6) is -0.934. The van der Waals surface area contributed by atoms with Crippen LogP contribution in [0.1, 0.15) is 10.4 Å². The van der Waals surface area contributed by atoms with E-state index in [-0.39, 0.29) is 10.9 Å². The molecule has 1 aromatic carbocycles. The Morgan fingerprint density at radius 2 is 2.16 bits per heavy atom. The summed E-state index contributed by atoms with van der Waals surface area (Å²) in [6.45, 7) is 0. The maximum atomic E-state index is 13.3. The highest BCUT2D eigenvalue weighted by molar-refractivity contribution is 6.30. The van der Waals surface area contributed by atoms with Gasteiger partial charge in [-0.2, -0.15) is 0 Å². The van der Waals surface area contributed by atoms with Crippen LogP contribution in [0, 0.1) is 5.82 Å². The quantitative estimate of drug-likeness (QED) is 0.907. The minimum Gasteiger partial charge on any atom is -0.386 e. The SMILES string of the molecule is CNc1cnccc1C(=O)Nc1ccc(Cl)c(F)c1. The summed E-state index contributed by atoms with van der Waals surface area (Å²) in [4.78, 5) is 16.0. The molecule has 0 radical (unpaired) electrons. The lowest BCUT2D eigenvalue weighted by molar-refractivity contribution is 0.102. The first-order valence-corrected chi connectivity index (χ1v) is 5.88. The summed E-state index contributed by atoms with van der Waals surface area (Å²) in [6, 6.07) is 5.66. The van der Waals surface area contributed by atoms with Gasteiger partial charge in [-0.15, -0.1) is 0 Å². The van der Waals surface area contributed by atoms with Crippen molar-refractivity contribution in [1.82, 2.24) is 4.98 Å². The molecule has 1 amide bonds. The van der Waals surface area contributed by atoms with E-state index in [1.807, 2.05) is 0 Å². The van der Waals surface area contributed by atoms with Gasteiger partial charge in [-0.25, -0.2) is 4.39 Å². The Labute approximate surface area is 114 Å². The first-order chi connectivity index (χ1) is 9.11. The van der Waals surface area contributed by atoms with Crippen LogP contribution in [0.4, 0.5) is 15.8 Å². The Hall–Kier alpha value is -2.14. The molecule has 0 fully saturated rings. The molecule has 1 heterocycles. The number of pyridine rings is 1. The Balaban J connectivity index is 2.23. The monoisotopic (exact) mass is 279 g/mol. The second-order valence-corrected chi connectivity index (χ2v) is 4.16. The van der Waals surface area contributed by atoms with Crippen molar-refractivity contribution in [3.8, 4) is 0 Å². The van der Waals surface area contributed by atoms with Crippen LogP contribution in [0.5, 0.6) is 0 Å². The molecule has 0 aliphatic heterocycles. The average molecular weight is 280 g/mol. The molecular formula is C13H11ClFN3O. The third kappa shape index (κ3) is 3.00. The summed E-state index contributed by atoms with van der Waals surface area (Å²) in [5.41, 5.74) is 1.35. The van der Waals surface area contributed by atoms with E-state index in [1.165, 1.54) is 30.6 Å². The summed E-state index contributed by atoms with van der Waals surface area (Å²) in [7, 11) is 1.69. The van der Waals surface area contributed by atoms with Gasteiger partial charge in [0.05, 0.1) is 22.5 Å². The number of halogens is 2. The number of carbonyl (C=O) groups excluding carboxylic acids is 1. The normalized spacial score (nSPS) is 10.1. The lowest BCUT2D eigenvalue weighted by atomic mass is 10.2. The van der Waals surface area contributed by atoms with E-state index < -0.39 is 5.82 Å². The number of amides is 1. The van der Waals surface area contributed by atoms with Crippen molar-refractivity contribution < 1.29 is 9.18 Å². The number of nitrogens with zero attached hydrogens (tertiary/aromatic N) is 1. The Morgan fingerprint density at radius 3 is 2.84 bits per heavy atom. The lowest BCUT2D eigenvalue weighted by Crippen LogP contribution is -2.14. The van der Waals surface area contributed by atoms with Gasteiger partial charge in [0.15, 0.2) is 0 Å². The second-order valence-electron chi connectivity index (χ2n) is 3.75. The van der Waals surface area contributed by atoms with Crippen molar-refractivity contribution in [2.24, 2.45) is 0 Å². The summed E-state index contributed by atoms with van der Waals surface area (Å²) < 4.78 is 13.3. The molecular weight excluding hydrogens is 269 g/mol. The summed E-state index contributed by atoms with van der Waals surface area (Å²) in [5, 5.41) is 5.47. The first-order valence-electron chi connectivity index (χ1n) is 5.50. The minimum atomic E-state index is -0.581. The molecule has 1 aromatic heterocycles. The molecule has 0 atom stereocenters. The van der Waals surface area contributed by atoms with Gasteiger partial charge in [-0.1, -0.05) is 11.6 Å². The largest absolute Gasteiger partial charge is 0.386 e. The molecule has 6 heteroatoms. The highest BCUT2D eigenvalue weighted by atomic mass is 35.5. The van der Waals surface area contributed by atoms with Gasteiger partial charge in [0.25, 0.3) is 5.91 Å². The van der Waals surface area contributed by atoms with Gasteiger partial charge in [0, 0.05) is 18.9 Å². The molecule has 0 saturated heterocycles. The van der Waals surface area contributed by atoms with E-state index in [0.717, 1.165) is 0 Å². The average Bonchev–Trinajstić information content (AvgIpc) is 2.43. The number of hydrogen-bond acceptors (Lipinski definition) is 3. The van der Waals surface area contributed by atoms with Gasteiger partial charge in [-0.3, -0.25) is 9.78 Å². The van der Waals surface area contributed by atoms with Gasteiger partial charge in [0.2, 0.25) is 0 Å². The predicted molar refractivity (Wildman–Crippen MR) is 73.1 cm³/mol. The van der Waals surface area contributed by atoms with Crippen LogP contribution in [-0.2, 0) is 0 Å². The summed E-state index contributed by atoms with van der Waals surface area (Å²) in [6.07, 6.45) is 3.05. The number of aromatic nitrogens is 1. The van der Waals surface area contributed by atoms with Crippen molar-refractivity contribution in [1.29, 1.82) is 0 Å². The van der Waals surface area contributed by atoms with Gasteiger partial charge >= 0.3 is 0 Å². The Bertz CT molecular complexity index is 619. The van der Waals surface area contributed by atoms with Crippen molar-refractivity contribution in [2.75, 3.05) is 17.7 Å². The molecule has 0 saturated carbocycles. The maximum Gasteiger partial charge on any atom is 0.257 e. The molecule has 0 bridgehead atoms. The van der Waals surface area contributed by atoms with Crippen LogP contribution in [0.25, 0.3) is 0 Å². The van der Waals surface area contributed by atoms with Crippen LogP contribution < -0.4 is 10.6 Å². The van der Waals surface area contributed by atoms with Crippen molar-refractivity contribution in [3.05, 3.63) is 53.1 Å². The van der Waals surface area contributed by atoms with E-state index in [2.05, 4.69) is 15.6 Å². The highest BCUT2D eigenvalue weighted by Gasteiger charge is 2.11. The van der Waals surface area contributed by atoms with E-state index >= 15 is 0 Å². The van der Waals surface area contributed by atoms with Crippen molar-refractivity contribution in [3.63, 3.8) is 0 Å². The fraction of sp³-hybridized carbons (Fsp3) is 0.0769. The van der Waals surface area contributed by atoms with Gasteiger partial charge < -0.3 is 10.6 Å². The Morgan fingerprint density at radius 1 is 1.37 bits per heavy atom. The molecule has 0 aliphatic rings. The smallest absolute Gasteiger partial charge is 0.257 e. The van der Waals surface area contributed by atoms with Crippen LogP contribution in [0.15, 0.2) is 36.7 Å². The molecule has 19 heavy (non-hydrogen) atoms. The zero-order valence-corrected chi connectivity index (χ0v) is 10.8. The zero-order valence-electron chi connectivity index (χ0n) is 10.1. The topological polar surface area (TPSA) is 54.0 Å². The first kappa shape index (κ1) is 13.3. The molecule has 2 N–H and O–H groups in total.